The normalized spacial score (nSPS) is 12.8. The van der Waals surface area contributed by atoms with E-state index >= 15 is 0 Å². The Bertz CT molecular complexity index is 779. The molecule has 0 saturated carbocycles. The lowest BCUT2D eigenvalue weighted by atomic mass is 10.1. The Hall–Kier alpha value is -2.82. The molecule has 0 bridgehead atoms. The van der Waals surface area contributed by atoms with Gasteiger partial charge in [-0.2, -0.15) is 0 Å². The van der Waals surface area contributed by atoms with E-state index in [1.807, 2.05) is 51.1 Å². The number of allylic oxidation sites excluding steroid dienone is 3. The molecule has 23 heavy (non-hydrogen) atoms. The quantitative estimate of drug-likeness (QED) is 0.658. The zero-order valence-corrected chi connectivity index (χ0v) is 13.5. The van der Waals surface area contributed by atoms with Crippen molar-refractivity contribution in [1.82, 2.24) is 14.9 Å². The number of hydrogen-bond donors (Lipinski definition) is 2. The van der Waals surface area contributed by atoms with Crippen LogP contribution in [0, 0.1) is 6.92 Å². The number of carbonyl (C=O) groups is 1. The third kappa shape index (κ3) is 4.10. The van der Waals surface area contributed by atoms with E-state index in [4.69, 9.17) is 0 Å². The third-order valence-corrected chi connectivity index (χ3v) is 3.52. The summed E-state index contributed by atoms with van der Waals surface area (Å²) in [4.78, 5) is 26.2. The van der Waals surface area contributed by atoms with Crippen molar-refractivity contribution in [3.63, 3.8) is 0 Å². The zero-order chi connectivity index (χ0) is 16.8. The SMILES string of the molecule is C/C=C/C=C/C(=O)NC(C)c1ccc(-n2c(C)c[nH]c2=O)cc1. The fraction of sp³-hybridized carbons (Fsp3) is 0.222. The summed E-state index contributed by atoms with van der Waals surface area (Å²) < 4.78 is 1.60. The lowest BCUT2D eigenvalue weighted by Gasteiger charge is -2.14. The molecule has 1 unspecified atom stereocenters. The number of aromatic amines is 1. The van der Waals surface area contributed by atoms with E-state index in [0.717, 1.165) is 16.9 Å². The molecule has 2 rings (SSSR count). The largest absolute Gasteiger partial charge is 0.346 e. The van der Waals surface area contributed by atoms with Crippen molar-refractivity contribution < 1.29 is 4.79 Å². The molecule has 2 N–H and O–H groups in total. The van der Waals surface area contributed by atoms with Crippen LogP contribution in [0.2, 0.25) is 0 Å². The van der Waals surface area contributed by atoms with Gasteiger partial charge in [-0.15, -0.1) is 0 Å². The van der Waals surface area contributed by atoms with Gasteiger partial charge in [0.1, 0.15) is 0 Å². The molecule has 0 saturated heterocycles. The van der Waals surface area contributed by atoms with Gasteiger partial charge in [0.05, 0.1) is 11.7 Å². The van der Waals surface area contributed by atoms with Crippen LogP contribution in [-0.4, -0.2) is 15.5 Å². The summed E-state index contributed by atoms with van der Waals surface area (Å²) >= 11 is 0. The number of hydrogen-bond acceptors (Lipinski definition) is 2. The van der Waals surface area contributed by atoms with E-state index in [0.29, 0.717) is 0 Å². The lowest BCUT2D eigenvalue weighted by Crippen LogP contribution is -2.24. The molecule has 0 aliphatic rings. The minimum atomic E-state index is -0.161. The molecule has 1 heterocycles. The van der Waals surface area contributed by atoms with Gasteiger partial charge >= 0.3 is 5.69 Å². The Morgan fingerprint density at radius 3 is 2.52 bits per heavy atom. The highest BCUT2D eigenvalue weighted by Gasteiger charge is 2.09. The molecule has 5 heteroatoms. The van der Waals surface area contributed by atoms with E-state index in [1.165, 1.54) is 6.08 Å². The van der Waals surface area contributed by atoms with Gasteiger partial charge in [-0.25, -0.2) is 4.79 Å². The van der Waals surface area contributed by atoms with E-state index in [9.17, 15) is 9.59 Å². The Labute approximate surface area is 135 Å². The molecule has 0 radical (unpaired) electrons. The van der Waals surface area contributed by atoms with Gasteiger partial charge in [0.2, 0.25) is 5.91 Å². The van der Waals surface area contributed by atoms with Crippen molar-refractivity contribution in [2.75, 3.05) is 0 Å². The molecule has 5 nitrogen and oxygen atoms in total. The molecular weight excluding hydrogens is 290 g/mol. The summed E-state index contributed by atoms with van der Waals surface area (Å²) in [5.74, 6) is -0.141. The summed E-state index contributed by atoms with van der Waals surface area (Å²) in [6.45, 7) is 5.68. The number of carbonyl (C=O) groups excluding carboxylic acids is 1. The van der Waals surface area contributed by atoms with Crippen LogP contribution in [0.25, 0.3) is 5.69 Å². The fourth-order valence-corrected chi connectivity index (χ4v) is 2.29. The number of nitrogens with zero attached hydrogens (tertiary/aromatic N) is 1. The number of H-pyrrole nitrogens is 1. The van der Waals surface area contributed by atoms with E-state index in [1.54, 1.807) is 22.9 Å². The van der Waals surface area contributed by atoms with Crippen molar-refractivity contribution in [2.24, 2.45) is 0 Å². The first-order valence-electron chi connectivity index (χ1n) is 7.50. The number of nitrogens with one attached hydrogen (secondary N) is 2. The standard InChI is InChI=1S/C18H21N3O2/c1-4-5-6-7-17(22)20-14(3)15-8-10-16(11-9-15)21-13(2)12-19-18(21)23/h4-12,14H,1-3H3,(H,19,23)(H,20,22)/b5-4+,7-6+. The average molecular weight is 311 g/mol. The van der Waals surface area contributed by atoms with Crippen molar-refractivity contribution >= 4 is 5.91 Å². The average Bonchev–Trinajstić information content (AvgIpc) is 2.86. The van der Waals surface area contributed by atoms with Crippen molar-refractivity contribution in [2.45, 2.75) is 26.8 Å². The highest BCUT2D eigenvalue weighted by Crippen LogP contribution is 2.15. The van der Waals surface area contributed by atoms with E-state index in [2.05, 4.69) is 10.3 Å². The van der Waals surface area contributed by atoms with E-state index < -0.39 is 0 Å². The zero-order valence-electron chi connectivity index (χ0n) is 13.5. The predicted octanol–water partition coefficient (Wildman–Crippen LogP) is 2.78. The van der Waals surface area contributed by atoms with E-state index in [-0.39, 0.29) is 17.6 Å². The monoisotopic (exact) mass is 311 g/mol. The molecule has 2 aromatic rings. The summed E-state index contributed by atoms with van der Waals surface area (Å²) in [5.41, 5.74) is 2.45. The molecule has 1 aromatic carbocycles. The Morgan fingerprint density at radius 2 is 1.96 bits per heavy atom. The summed E-state index contributed by atoms with van der Waals surface area (Å²) in [7, 11) is 0. The van der Waals surface area contributed by atoms with Gasteiger partial charge in [-0.05, 0) is 38.5 Å². The van der Waals surface area contributed by atoms with Gasteiger partial charge < -0.3 is 10.3 Å². The highest BCUT2D eigenvalue weighted by atomic mass is 16.2. The van der Waals surface area contributed by atoms with Crippen LogP contribution in [0.5, 0.6) is 0 Å². The Morgan fingerprint density at radius 1 is 1.26 bits per heavy atom. The number of aromatic nitrogens is 2. The first-order valence-corrected chi connectivity index (χ1v) is 7.50. The number of imidazole rings is 1. The molecule has 0 spiro atoms. The van der Waals surface area contributed by atoms with Crippen LogP contribution in [0.1, 0.15) is 31.1 Å². The van der Waals surface area contributed by atoms with Crippen molar-refractivity contribution in [3.8, 4) is 5.69 Å². The van der Waals surface area contributed by atoms with Crippen LogP contribution in [-0.2, 0) is 4.79 Å². The molecule has 120 valence electrons. The second-order valence-corrected chi connectivity index (χ2v) is 5.28. The van der Waals surface area contributed by atoms with Crippen molar-refractivity contribution in [3.05, 3.63) is 76.5 Å². The van der Waals surface area contributed by atoms with Crippen LogP contribution in [0.4, 0.5) is 0 Å². The number of amides is 1. The second kappa shape index (κ2) is 7.45. The lowest BCUT2D eigenvalue weighted by molar-refractivity contribution is -0.117. The van der Waals surface area contributed by atoms with Crippen LogP contribution >= 0.6 is 0 Å². The fourth-order valence-electron chi connectivity index (χ4n) is 2.29. The number of aryl methyl sites for hydroxylation is 1. The molecule has 0 fully saturated rings. The molecular formula is C18H21N3O2. The molecule has 1 amide bonds. The summed E-state index contributed by atoms with van der Waals surface area (Å²) in [6, 6.07) is 7.45. The van der Waals surface area contributed by atoms with Gasteiger partial charge in [0.25, 0.3) is 0 Å². The Kier molecular flexibility index (Phi) is 5.36. The topological polar surface area (TPSA) is 66.9 Å². The summed E-state index contributed by atoms with van der Waals surface area (Å²) in [5, 5.41) is 2.90. The van der Waals surface area contributed by atoms with Crippen LogP contribution in [0.3, 0.4) is 0 Å². The number of rotatable bonds is 5. The predicted molar refractivity (Wildman–Crippen MR) is 91.6 cm³/mol. The maximum Gasteiger partial charge on any atom is 0.330 e. The van der Waals surface area contributed by atoms with Gasteiger partial charge in [-0.3, -0.25) is 9.36 Å². The first kappa shape index (κ1) is 16.5. The number of benzene rings is 1. The van der Waals surface area contributed by atoms with Gasteiger partial charge in [-0.1, -0.05) is 30.4 Å². The third-order valence-electron chi connectivity index (χ3n) is 3.52. The Balaban J connectivity index is 2.10. The highest BCUT2D eigenvalue weighted by molar-refractivity contribution is 5.88. The van der Waals surface area contributed by atoms with Gasteiger partial charge in [0.15, 0.2) is 0 Å². The summed E-state index contributed by atoms with van der Waals surface area (Å²) in [6.07, 6.45) is 8.53. The van der Waals surface area contributed by atoms with Crippen LogP contribution in [0.15, 0.2) is 59.6 Å². The molecule has 0 aliphatic heterocycles. The molecule has 1 atom stereocenters. The van der Waals surface area contributed by atoms with Crippen LogP contribution < -0.4 is 11.0 Å². The first-order chi connectivity index (χ1) is 11.0. The second-order valence-electron chi connectivity index (χ2n) is 5.28. The molecule has 1 aromatic heterocycles. The maximum absolute atomic E-state index is 11.8. The minimum Gasteiger partial charge on any atom is -0.346 e. The molecule has 0 aliphatic carbocycles. The minimum absolute atomic E-state index is 0.115. The smallest absolute Gasteiger partial charge is 0.330 e. The van der Waals surface area contributed by atoms with Gasteiger partial charge in [0, 0.05) is 18.0 Å². The van der Waals surface area contributed by atoms with Crippen molar-refractivity contribution in [1.29, 1.82) is 0 Å². The maximum atomic E-state index is 11.8.